The monoisotopic (exact) mass is 492 g/mol. The average Bonchev–Trinajstić information content (AvgIpc) is 3.36. The lowest BCUT2D eigenvalue weighted by atomic mass is 10.0. The highest BCUT2D eigenvalue weighted by Crippen LogP contribution is 2.31. The van der Waals surface area contributed by atoms with Gasteiger partial charge in [0.1, 0.15) is 5.84 Å². The number of anilines is 1. The van der Waals surface area contributed by atoms with Gasteiger partial charge in [-0.2, -0.15) is 0 Å². The molecular weight excluding hydrogens is 448 g/mol. The lowest BCUT2D eigenvalue weighted by Gasteiger charge is -2.29. The number of hydrogen-bond acceptors (Lipinski definition) is 2. The maximum absolute atomic E-state index is 4.97. The van der Waals surface area contributed by atoms with Crippen LogP contribution in [-0.2, 0) is 0 Å². The Balaban J connectivity index is 0.000000272. The van der Waals surface area contributed by atoms with E-state index < -0.39 is 0 Å². The Bertz CT molecular complexity index is 1290. The summed E-state index contributed by atoms with van der Waals surface area (Å²) < 4.78 is 0. The average molecular weight is 493 g/mol. The number of nitrogens with zero attached hydrogens (tertiary/aromatic N) is 2. The molecule has 2 atom stereocenters. The quantitative estimate of drug-likeness (QED) is 0.355. The third-order valence-corrected chi connectivity index (χ3v) is 6.03. The minimum Gasteiger partial charge on any atom is -0.317 e. The van der Waals surface area contributed by atoms with Crippen molar-refractivity contribution in [3.8, 4) is 0 Å². The van der Waals surface area contributed by atoms with E-state index >= 15 is 0 Å². The van der Waals surface area contributed by atoms with Gasteiger partial charge in [-0.25, -0.2) is 0 Å². The third-order valence-electron chi connectivity index (χ3n) is 6.03. The Labute approximate surface area is 225 Å². The number of fused-ring (bicyclic) bond motifs is 1. The van der Waals surface area contributed by atoms with Crippen molar-refractivity contribution < 1.29 is 0 Å². The van der Waals surface area contributed by atoms with E-state index in [1.165, 1.54) is 32.8 Å². The van der Waals surface area contributed by atoms with Gasteiger partial charge in [0.15, 0.2) is 0 Å². The van der Waals surface area contributed by atoms with Crippen molar-refractivity contribution in [2.45, 2.75) is 67.5 Å². The molecule has 37 heavy (non-hydrogen) atoms. The molecular formula is C35H44N2. The van der Waals surface area contributed by atoms with Crippen LogP contribution in [0.25, 0.3) is 11.6 Å². The first-order valence-electron chi connectivity index (χ1n) is 13.6. The number of aryl methyl sites for hydroxylation is 1. The molecule has 0 aromatic heterocycles. The summed E-state index contributed by atoms with van der Waals surface area (Å²) in [5, 5.41) is 2.68. The molecule has 2 heteroatoms. The summed E-state index contributed by atoms with van der Waals surface area (Å²) >= 11 is 0. The first-order chi connectivity index (χ1) is 18.1. The molecule has 0 amide bonds. The molecule has 2 aliphatic rings. The first-order valence-corrected chi connectivity index (χ1v) is 13.6. The predicted molar refractivity (Wildman–Crippen MR) is 166 cm³/mol. The Morgan fingerprint density at radius 1 is 0.757 bits per heavy atom. The first kappa shape index (κ1) is 29.6. The minimum atomic E-state index is 0.196. The molecule has 0 fully saturated rings. The van der Waals surface area contributed by atoms with E-state index in [4.69, 9.17) is 4.99 Å². The second kappa shape index (κ2) is 15.5. The van der Waals surface area contributed by atoms with E-state index in [1.54, 1.807) is 0 Å². The summed E-state index contributed by atoms with van der Waals surface area (Å²) in [6.45, 7) is 16.5. The summed E-state index contributed by atoms with van der Waals surface area (Å²) in [6.07, 6.45) is 10.8. The molecule has 0 bridgehead atoms. The van der Waals surface area contributed by atoms with Crippen molar-refractivity contribution >= 4 is 23.2 Å². The fraction of sp³-hybridized carbons (Fsp3) is 0.286. The molecule has 2 unspecified atom stereocenters. The molecule has 0 saturated carbocycles. The highest BCUT2D eigenvalue weighted by Gasteiger charge is 2.35. The van der Waals surface area contributed by atoms with Crippen LogP contribution in [0.3, 0.4) is 0 Å². The number of hydrogen-bond donors (Lipinski definition) is 0. The lowest BCUT2D eigenvalue weighted by Crippen LogP contribution is -2.39. The van der Waals surface area contributed by atoms with Gasteiger partial charge in [0, 0.05) is 11.3 Å². The van der Waals surface area contributed by atoms with Crippen LogP contribution < -0.4 is 15.3 Å². The van der Waals surface area contributed by atoms with Crippen molar-refractivity contribution in [3.63, 3.8) is 0 Å². The summed E-state index contributed by atoms with van der Waals surface area (Å²) in [4.78, 5) is 7.31. The zero-order valence-corrected chi connectivity index (χ0v) is 23.9. The molecule has 0 saturated heterocycles. The fourth-order valence-electron chi connectivity index (χ4n) is 4.29. The Morgan fingerprint density at radius 2 is 1.35 bits per heavy atom. The van der Waals surface area contributed by atoms with E-state index in [1.807, 2.05) is 27.7 Å². The Kier molecular flexibility index (Phi) is 12.4. The van der Waals surface area contributed by atoms with Crippen LogP contribution in [0.1, 0.15) is 59.6 Å². The van der Waals surface area contributed by atoms with Crippen molar-refractivity contribution in [3.05, 3.63) is 125 Å². The second-order valence-corrected chi connectivity index (χ2v) is 8.65. The largest absolute Gasteiger partial charge is 0.317 e. The zero-order chi connectivity index (χ0) is 27.2. The molecule has 0 spiro atoms. The van der Waals surface area contributed by atoms with Gasteiger partial charge < -0.3 is 4.90 Å². The summed E-state index contributed by atoms with van der Waals surface area (Å²) in [7, 11) is 0. The molecule has 3 aromatic rings. The molecule has 3 aromatic carbocycles. The van der Waals surface area contributed by atoms with Gasteiger partial charge in [0.25, 0.3) is 0 Å². The van der Waals surface area contributed by atoms with Crippen LogP contribution >= 0.6 is 0 Å². The Morgan fingerprint density at radius 3 is 1.95 bits per heavy atom. The van der Waals surface area contributed by atoms with Gasteiger partial charge >= 0.3 is 0 Å². The minimum absolute atomic E-state index is 0.196. The van der Waals surface area contributed by atoms with Gasteiger partial charge in [-0.05, 0) is 50.3 Å². The lowest BCUT2D eigenvalue weighted by molar-refractivity contribution is 0.739. The van der Waals surface area contributed by atoms with Gasteiger partial charge in [0.05, 0.1) is 12.1 Å². The molecule has 1 heterocycles. The topological polar surface area (TPSA) is 15.6 Å². The molecule has 194 valence electrons. The summed E-state index contributed by atoms with van der Waals surface area (Å²) in [5.41, 5.74) is 5.00. The van der Waals surface area contributed by atoms with Gasteiger partial charge in [-0.15, -0.1) is 0 Å². The van der Waals surface area contributed by atoms with Crippen molar-refractivity contribution in [1.82, 2.24) is 0 Å². The number of rotatable bonds is 2. The SMILES string of the molecule is C/C=c1/ccccc1=C(C)C.CC.CC.Cc1ccc(C2=NC3C=CC=CC3N2c2ccccc2)cc1. The van der Waals surface area contributed by atoms with E-state index in [0.29, 0.717) is 0 Å². The van der Waals surface area contributed by atoms with E-state index in [-0.39, 0.29) is 12.1 Å². The van der Waals surface area contributed by atoms with Crippen LogP contribution in [0, 0.1) is 6.92 Å². The zero-order valence-electron chi connectivity index (χ0n) is 23.9. The van der Waals surface area contributed by atoms with Crippen LogP contribution in [0.15, 0.2) is 108 Å². The molecule has 2 nitrogen and oxygen atoms in total. The van der Waals surface area contributed by atoms with Gasteiger partial charge in [-0.3, -0.25) is 4.99 Å². The molecule has 0 radical (unpaired) electrons. The second-order valence-electron chi connectivity index (χ2n) is 8.65. The molecule has 1 aliphatic heterocycles. The standard InChI is InChI=1S/C20H18N2.C11H14.2C2H6/c1-15-11-13-16(14-12-15)20-21-18-9-5-6-10-19(18)22(20)17-7-3-2-4-8-17;1-4-10-7-5-6-8-11(10)9(2)3;2*1-2/h2-14,18-19H,1H3;4-8H,1-3H3;2*1-2H3/b;10-4-;;. The smallest absolute Gasteiger partial charge is 0.136 e. The highest BCUT2D eigenvalue weighted by atomic mass is 15.3. The van der Waals surface area contributed by atoms with Gasteiger partial charge in [0.2, 0.25) is 0 Å². The van der Waals surface area contributed by atoms with Crippen molar-refractivity contribution in [2.75, 3.05) is 4.90 Å². The van der Waals surface area contributed by atoms with Crippen LogP contribution in [0.5, 0.6) is 0 Å². The molecule has 0 N–H and O–H groups in total. The Hall–Kier alpha value is -3.65. The van der Waals surface area contributed by atoms with E-state index in [0.717, 1.165) is 5.84 Å². The summed E-state index contributed by atoms with van der Waals surface area (Å²) in [6, 6.07) is 28.0. The summed E-state index contributed by atoms with van der Waals surface area (Å²) in [5.74, 6) is 1.05. The molecule has 1 aliphatic carbocycles. The number of para-hydroxylation sites is 1. The normalized spacial score (nSPS) is 17.2. The number of amidine groups is 1. The van der Waals surface area contributed by atoms with E-state index in [2.05, 4.69) is 142 Å². The van der Waals surface area contributed by atoms with Crippen molar-refractivity contribution in [2.24, 2.45) is 4.99 Å². The van der Waals surface area contributed by atoms with Gasteiger partial charge in [-0.1, -0.05) is 136 Å². The van der Waals surface area contributed by atoms with E-state index in [9.17, 15) is 0 Å². The fourth-order valence-corrected chi connectivity index (χ4v) is 4.29. The predicted octanol–water partition coefficient (Wildman–Crippen LogP) is 7.85. The number of benzene rings is 3. The number of aliphatic imine (C=N–C) groups is 1. The third kappa shape index (κ3) is 7.67. The van der Waals surface area contributed by atoms with Crippen LogP contribution in [0.4, 0.5) is 5.69 Å². The molecule has 5 rings (SSSR count). The van der Waals surface area contributed by atoms with Crippen LogP contribution in [-0.4, -0.2) is 17.9 Å². The van der Waals surface area contributed by atoms with Crippen LogP contribution in [0.2, 0.25) is 0 Å². The maximum atomic E-state index is 4.97. The highest BCUT2D eigenvalue weighted by molar-refractivity contribution is 6.12. The van der Waals surface area contributed by atoms with Crippen molar-refractivity contribution in [1.29, 1.82) is 0 Å². The maximum Gasteiger partial charge on any atom is 0.136 e. The number of allylic oxidation sites excluding steroid dienone is 2.